The molecule has 7 rings (SSSR count). The first-order chi connectivity index (χ1) is 19.5. The molecule has 0 aliphatic rings. The zero-order valence-electron chi connectivity index (χ0n) is 23.5. The highest BCUT2D eigenvalue weighted by Crippen LogP contribution is 2.40. The first-order valence-corrected chi connectivity index (χ1v) is 14.1. The van der Waals surface area contributed by atoms with Gasteiger partial charge in [-0.05, 0) is 122 Å². The van der Waals surface area contributed by atoms with Gasteiger partial charge in [0.2, 0.25) is 0 Å². The van der Waals surface area contributed by atoms with Crippen LogP contribution in [0.3, 0.4) is 0 Å². The Bertz CT molecular complexity index is 2000. The molecule has 0 radical (unpaired) electrons. The van der Waals surface area contributed by atoms with Gasteiger partial charge in [-0.25, -0.2) is 0 Å². The fraction of sp³-hybridized carbons (Fsp3) is 0.100. The van der Waals surface area contributed by atoms with Gasteiger partial charge in [-0.1, -0.05) is 115 Å². The molecule has 192 valence electrons. The number of benzene rings is 7. The van der Waals surface area contributed by atoms with Crippen molar-refractivity contribution in [3.8, 4) is 33.4 Å². The van der Waals surface area contributed by atoms with Crippen LogP contribution in [0, 0.1) is 27.7 Å². The average molecular weight is 513 g/mol. The molecule has 0 aliphatic heterocycles. The van der Waals surface area contributed by atoms with Crippen LogP contribution < -0.4 is 0 Å². The van der Waals surface area contributed by atoms with Crippen LogP contribution in [0.1, 0.15) is 22.3 Å². The van der Waals surface area contributed by atoms with E-state index < -0.39 is 0 Å². The molecule has 0 saturated heterocycles. The lowest BCUT2D eigenvalue weighted by Gasteiger charge is -2.21. The normalized spacial score (nSPS) is 11.5. The summed E-state index contributed by atoms with van der Waals surface area (Å²) in [5.74, 6) is 0. The summed E-state index contributed by atoms with van der Waals surface area (Å²) in [7, 11) is 0. The van der Waals surface area contributed by atoms with E-state index in [0.717, 1.165) is 0 Å². The molecule has 0 nitrogen and oxygen atoms in total. The Morgan fingerprint density at radius 1 is 0.275 bits per heavy atom. The van der Waals surface area contributed by atoms with E-state index in [4.69, 9.17) is 0 Å². The summed E-state index contributed by atoms with van der Waals surface area (Å²) in [4.78, 5) is 0. The van der Waals surface area contributed by atoms with Crippen molar-refractivity contribution in [1.29, 1.82) is 0 Å². The molecule has 0 amide bonds. The lowest BCUT2D eigenvalue weighted by Crippen LogP contribution is -2.00. The maximum atomic E-state index is 2.37. The van der Waals surface area contributed by atoms with Gasteiger partial charge in [-0.15, -0.1) is 0 Å². The minimum atomic E-state index is 1.24. The number of fused-ring (bicyclic) bond motifs is 6. The number of hydrogen-bond acceptors (Lipinski definition) is 0. The maximum absolute atomic E-state index is 2.37. The summed E-state index contributed by atoms with van der Waals surface area (Å²) in [6, 6.07) is 44.5. The van der Waals surface area contributed by atoms with Crippen molar-refractivity contribution in [2.45, 2.75) is 27.7 Å². The quantitative estimate of drug-likeness (QED) is 0.207. The van der Waals surface area contributed by atoms with Crippen LogP contribution in [0.4, 0.5) is 0 Å². The van der Waals surface area contributed by atoms with Gasteiger partial charge in [-0.3, -0.25) is 0 Å². The first kappa shape index (κ1) is 24.4. The molecule has 0 heterocycles. The van der Waals surface area contributed by atoms with Crippen molar-refractivity contribution in [2.24, 2.45) is 0 Å². The predicted octanol–water partition coefficient (Wildman–Crippen LogP) is 11.4. The molecule has 40 heavy (non-hydrogen) atoms. The van der Waals surface area contributed by atoms with Crippen LogP contribution in [0.5, 0.6) is 0 Å². The third kappa shape index (κ3) is 3.75. The minimum absolute atomic E-state index is 1.24. The summed E-state index contributed by atoms with van der Waals surface area (Å²) in [5.41, 5.74) is 13.2. The Hall–Kier alpha value is -4.68. The van der Waals surface area contributed by atoms with E-state index >= 15 is 0 Å². The fourth-order valence-corrected chi connectivity index (χ4v) is 6.70. The summed E-state index contributed by atoms with van der Waals surface area (Å²) < 4.78 is 0. The molecule has 0 fully saturated rings. The second-order valence-corrected chi connectivity index (χ2v) is 11.0. The van der Waals surface area contributed by atoms with Crippen LogP contribution >= 0.6 is 0 Å². The molecule has 0 saturated carbocycles. The third-order valence-corrected chi connectivity index (χ3v) is 8.94. The molecule has 0 atom stereocenters. The van der Waals surface area contributed by atoms with Crippen molar-refractivity contribution in [3.05, 3.63) is 144 Å². The summed E-state index contributed by atoms with van der Waals surface area (Å²) in [6.07, 6.45) is 0. The first-order valence-electron chi connectivity index (χ1n) is 14.1. The van der Waals surface area contributed by atoms with E-state index in [9.17, 15) is 0 Å². The van der Waals surface area contributed by atoms with Crippen LogP contribution in [0.2, 0.25) is 0 Å². The molecule has 0 aromatic heterocycles. The maximum Gasteiger partial charge on any atom is -0.00928 e. The summed E-state index contributed by atoms with van der Waals surface area (Å²) in [6.45, 7) is 9.09. The predicted molar refractivity (Wildman–Crippen MR) is 174 cm³/mol. The summed E-state index contributed by atoms with van der Waals surface area (Å²) in [5, 5.41) is 7.88. The van der Waals surface area contributed by atoms with Gasteiger partial charge in [0, 0.05) is 0 Å². The van der Waals surface area contributed by atoms with Gasteiger partial charge < -0.3 is 0 Å². The van der Waals surface area contributed by atoms with Gasteiger partial charge in [0.05, 0.1) is 0 Å². The lowest BCUT2D eigenvalue weighted by molar-refractivity contribution is 1.25. The molecular weight excluding hydrogens is 480 g/mol. The monoisotopic (exact) mass is 512 g/mol. The van der Waals surface area contributed by atoms with Gasteiger partial charge >= 0.3 is 0 Å². The SMILES string of the molecule is Cc1c(C)c(-c2ccc(-c3ccc4c5ccccc5c5ccccc5c4c3)cc2)c(C)c(C)c1-c1ccccc1. The molecule has 0 unspecified atom stereocenters. The van der Waals surface area contributed by atoms with Crippen LogP contribution in [0.15, 0.2) is 121 Å². The Morgan fingerprint density at radius 3 is 1.12 bits per heavy atom. The molecule has 0 bridgehead atoms. The smallest absolute Gasteiger partial charge is 0.00928 e. The van der Waals surface area contributed by atoms with E-state index in [1.807, 2.05) is 0 Å². The van der Waals surface area contributed by atoms with Crippen molar-refractivity contribution in [3.63, 3.8) is 0 Å². The average Bonchev–Trinajstić information content (AvgIpc) is 3.01. The summed E-state index contributed by atoms with van der Waals surface area (Å²) >= 11 is 0. The standard InChI is InChI=1S/C40H32/c1-25-27(3)40(28(4)26(2)39(25)30-12-6-5-7-13-30)31-20-18-29(19-21-31)32-22-23-37-35-16-9-8-14-33(35)34-15-10-11-17-36(34)38(37)24-32/h5-24H,1-4H3. The number of rotatable bonds is 3. The van der Waals surface area contributed by atoms with Crippen LogP contribution in [-0.2, 0) is 0 Å². The molecule has 0 N–H and O–H groups in total. The number of hydrogen-bond donors (Lipinski definition) is 0. The molecule has 7 aromatic rings. The second kappa shape index (κ2) is 9.50. The molecule has 0 spiro atoms. The van der Waals surface area contributed by atoms with E-state index in [2.05, 4.69) is 149 Å². The van der Waals surface area contributed by atoms with E-state index in [1.54, 1.807) is 0 Å². The topological polar surface area (TPSA) is 0 Å². The lowest BCUT2D eigenvalue weighted by atomic mass is 9.83. The minimum Gasteiger partial charge on any atom is -0.0622 e. The highest BCUT2D eigenvalue weighted by molar-refractivity contribution is 6.25. The Labute approximate surface area is 236 Å². The van der Waals surface area contributed by atoms with E-state index in [1.165, 1.54) is 88.0 Å². The Kier molecular flexibility index (Phi) is 5.79. The molecule has 0 aliphatic carbocycles. The van der Waals surface area contributed by atoms with E-state index in [-0.39, 0.29) is 0 Å². The largest absolute Gasteiger partial charge is 0.0622 e. The Balaban J connectivity index is 1.34. The zero-order valence-corrected chi connectivity index (χ0v) is 23.5. The second-order valence-electron chi connectivity index (χ2n) is 11.0. The van der Waals surface area contributed by atoms with Crippen molar-refractivity contribution in [1.82, 2.24) is 0 Å². The molecular formula is C40H32. The molecule has 0 heteroatoms. The van der Waals surface area contributed by atoms with Crippen molar-refractivity contribution in [2.75, 3.05) is 0 Å². The zero-order chi connectivity index (χ0) is 27.4. The van der Waals surface area contributed by atoms with Crippen LogP contribution in [-0.4, -0.2) is 0 Å². The Morgan fingerprint density at radius 2 is 0.625 bits per heavy atom. The highest BCUT2D eigenvalue weighted by atomic mass is 14.2. The van der Waals surface area contributed by atoms with Gasteiger partial charge in [-0.2, -0.15) is 0 Å². The van der Waals surface area contributed by atoms with Crippen molar-refractivity contribution < 1.29 is 0 Å². The highest BCUT2D eigenvalue weighted by Gasteiger charge is 2.17. The molecule has 7 aromatic carbocycles. The van der Waals surface area contributed by atoms with Gasteiger partial charge in [0.1, 0.15) is 0 Å². The van der Waals surface area contributed by atoms with Crippen molar-refractivity contribution >= 4 is 32.3 Å². The third-order valence-electron chi connectivity index (χ3n) is 8.94. The fourth-order valence-electron chi connectivity index (χ4n) is 6.70. The van der Waals surface area contributed by atoms with Gasteiger partial charge in [0.15, 0.2) is 0 Å². The van der Waals surface area contributed by atoms with Crippen LogP contribution in [0.25, 0.3) is 65.7 Å². The van der Waals surface area contributed by atoms with Gasteiger partial charge in [0.25, 0.3) is 0 Å². The van der Waals surface area contributed by atoms with E-state index in [0.29, 0.717) is 0 Å².